The van der Waals surface area contributed by atoms with Crippen molar-refractivity contribution in [3.05, 3.63) is 29.6 Å². The quantitative estimate of drug-likeness (QED) is 0.589. The van der Waals surface area contributed by atoms with Crippen LogP contribution in [-0.2, 0) is 0 Å². The van der Waals surface area contributed by atoms with Crippen LogP contribution in [0.2, 0.25) is 0 Å². The van der Waals surface area contributed by atoms with Crippen molar-refractivity contribution in [1.29, 1.82) is 0 Å². The minimum Gasteiger partial charge on any atom is -0.406 e. The molecule has 0 aromatic heterocycles. The van der Waals surface area contributed by atoms with Crippen molar-refractivity contribution < 1.29 is 22.3 Å². The number of unbranched alkanes of at least 4 members (excludes halogenated alkanes) is 2. The summed E-state index contributed by atoms with van der Waals surface area (Å²) in [6, 6.07) is 3.05. The molecule has 1 aromatic carbocycles. The maximum atomic E-state index is 14.3. The Kier molecular flexibility index (Phi) is 6.86. The van der Waals surface area contributed by atoms with Gasteiger partial charge in [0.1, 0.15) is 11.6 Å². The van der Waals surface area contributed by atoms with Crippen LogP contribution in [0, 0.1) is 5.82 Å². The van der Waals surface area contributed by atoms with E-state index >= 15 is 0 Å². The molecule has 1 heterocycles. The summed E-state index contributed by atoms with van der Waals surface area (Å²) in [5, 5.41) is 3.24. The van der Waals surface area contributed by atoms with Gasteiger partial charge < -0.3 is 10.1 Å². The average Bonchev–Trinajstić information content (AvgIpc) is 2.53. The normalized spacial score (nSPS) is 17.7. The number of hydrogen-bond donors (Lipinski definition) is 1. The zero-order valence-electron chi connectivity index (χ0n) is 13.8. The molecule has 0 spiro atoms. The molecule has 24 heavy (non-hydrogen) atoms. The van der Waals surface area contributed by atoms with Crippen LogP contribution in [0.15, 0.2) is 18.2 Å². The highest BCUT2D eigenvalue weighted by Gasteiger charge is 2.32. The lowest BCUT2D eigenvalue weighted by molar-refractivity contribution is -0.274. The van der Waals surface area contributed by atoms with Gasteiger partial charge in [0.05, 0.1) is 0 Å². The third kappa shape index (κ3) is 5.63. The van der Waals surface area contributed by atoms with Crippen molar-refractivity contribution in [1.82, 2.24) is 10.2 Å². The van der Waals surface area contributed by atoms with E-state index in [0.29, 0.717) is 0 Å². The molecule has 1 N–H and O–H groups in total. The van der Waals surface area contributed by atoms with Crippen LogP contribution in [-0.4, -0.2) is 37.4 Å². The number of ether oxygens (including phenoxy) is 1. The number of halogens is 4. The van der Waals surface area contributed by atoms with Gasteiger partial charge in [0.2, 0.25) is 0 Å². The molecule has 1 aliphatic heterocycles. The summed E-state index contributed by atoms with van der Waals surface area (Å²) in [6.07, 6.45) is -1.09. The van der Waals surface area contributed by atoms with Gasteiger partial charge in [-0.15, -0.1) is 13.2 Å². The maximum absolute atomic E-state index is 14.3. The van der Waals surface area contributed by atoms with Crippen LogP contribution in [0.25, 0.3) is 0 Å². The van der Waals surface area contributed by atoms with Crippen molar-refractivity contribution in [3.8, 4) is 5.75 Å². The van der Waals surface area contributed by atoms with Crippen molar-refractivity contribution in [3.63, 3.8) is 0 Å². The molecule has 2 rings (SSSR count). The second kappa shape index (κ2) is 8.67. The molecule has 1 aromatic rings. The molecular formula is C17H24F4N2O. The minimum atomic E-state index is -4.78. The number of benzene rings is 1. The Morgan fingerprint density at radius 3 is 2.54 bits per heavy atom. The van der Waals surface area contributed by atoms with Crippen LogP contribution in [0.4, 0.5) is 17.6 Å². The highest BCUT2D eigenvalue weighted by Crippen LogP contribution is 2.33. The number of nitrogens with zero attached hydrogens (tertiary/aromatic N) is 1. The summed E-state index contributed by atoms with van der Waals surface area (Å²) in [5.74, 6) is -0.848. The highest BCUT2D eigenvalue weighted by atomic mass is 19.4. The molecule has 0 amide bonds. The predicted molar refractivity (Wildman–Crippen MR) is 84.4 cm³/mol. The lowest BCUT2D eigenvalue weighted by Gasteiger charge is -2.35. The van der Waals surface area contributed by atoms with E-state index in [2.05, 4.69) is 21.9 Å². The number of hydrogen-bond acceptors (Lipinski definition) is 3. The summed E-state index contributed by atoms with van der Waals surface area (Å²) in [4.78, 5) is 2.14. The molecule has 7 heteroatoms. The van der Waals surface area contributed by atoms with E-state index in [0.717, 1.165) is 64.0 Å². The molecule has 0 unspecified atom stereocenters. The molecule has 1 atom stereocenters. The van der Waals surface area contributed by atoms with E-state index in [1.807, 2.05) is 0 Å². The minimum absolute atomic E-state index is 0.226. The smallest absolute Gasteiger partial charge is 0.406 e. The first-order chi connectivity index (χ1) is 11.4. The van der Waals surface area contributed by atoms with E-state index in [1.54, 1.807) is 0 Å². The first kappa shape index (κ1) is 19.0. The summed E-state index contributed by atoms with van der Waals surface area (Å²) < 4.78 is 55.6. The fourth-order valence-corrected chi connectivity index (χ4v) is 3.09. The van der Waals surface area contributed by atoms with Crippen LogP contribution in [0.1, 0.15) is 44.2 Å². The summed E-state index contributed by atoms with van der Waals surface area (Å²) >= 11 is 0. The van der Waals surface area contributed by atoms with Gasteiger partial charge in [0.15, 0.2) is 0 Å². The molecule has 0 aliphatic carbocycles. The number of alkyl halides is 3. The lowest BCUT2D eigenvalue weighted by Crippen LogP contribution is -2.45. The van der Waals surface area contributed by atoms with Gasteiger partial charge in [0, 0.05) is 37.8 Å². The average molecular weight is 348 g/mol. The Hall–Kier alpha value is -1.34. The molecule has 0 saturated carbocycles. The van der Waals surface area contributed by atoms with E-state index in [1.165, 1.54) is 6.07 Å². The Labute approximate surface area is 140 Å². The van der Waals surface area contributed by atoms with Crippen LogP contribution in [0.3, 0.4) is 0 Å². The van der Waals surface area contributed by atoms with E-state index in [9.17, 15) is 17.6 Å². The van der Waals surface area contributed by atoms with Crippen molar-refractivity contribution in [2.45, 2.75) is 45.0 Å². The summed E-state index contributed by atoms with van der Waals surface area (Å²) in [5.41, 5.74) is 0.287. The third-order valence-electron chi connectivity index (χ3n) is 4.23. The topological polar surface area (TPSA) is 24.5 Å². The standard InChI is InChI=1S/C17H24F4N2O/c1-2-3-4-5-16(23-10-8-22-9-11-23)14-12-13(6-7-15(14)18)24-17(19,20)21/h6-7,12,16,22H,2-5,8-11H2,1H3/t16-/m0/s1. The molecule has 1 saturated heterocycles. The number of rotatable bonds is 7. The van der Waals surface area contributed by atoms with Crippen LogP contribution in [0.5, 0.6) is 5.75 Å². The number of piperazine rings is 1. The van der Waals surface area contributed by atoms with Gasteiger partial charge in [-0.25, -0.2) is 4.39 Å². The van der Waals surface area contributed by atoms with Crippen molar-refractivity contribution in [2.75, 3.05) is 26.2 Å². The van der Waals surface area contributed by atoms with Gasteiger partial charge in [-0.05, 0) is 24.6 Å². The largest absolute Gasteiger partial charge is 0.573 e. The van der Waals surface area contributed by atoms with Gasteiger partial charge in [0.25, 0.3) is 0 Å². The summed E-state index contributed by atoms with van der Waals surface area (Å²) in [7, 11) is 0. The number of nitrogens with one attached hydrogen (secondary N) is 1. The molecule has 1 fully saturated rings. The first-order valence-electron chi connectivity index (χ1n) is 8.40. The zero-order chi connectivity index (χ0) is 17.6. The Morgan fingerprint density at radius 2 is 1.92 bits per heavy atom. The van der Waals surface area contributed by atoms with E-state index in [4.69, 9.17) is 0 Å². The molecule has 0 bridgehead atoms. The lowest BCUT2D eigenvalue weighted by atomic mass is 9.97. The van der Waals surface area contributed by atoms with Crippen LogP contribution < -0.4 is 10.1 Å². The third-order valence-corrected chi connectivity index (χ3v) is 4.23. The van der Waals surface area contributed by atoms with E-state index < -0.39 is 12.2 Å². The van der Waals surface area contributed by atoms with E-state index in [-0.39, 0.29) is 17.4 Å². The Morgan fingerprint density at radius 1 is 1.21 bits per heavy atom. The molecule has 3 nitrogen and oxygen atoms in total. The molecule has 0 radical (unpaired) electrons. The summed E-state index contributed by atoms with van der Waals surface area (Å²) in [6.45, 7) is 5.18. The van der Waals surface area contributed by atoms with Crippen molar-refractivity contribution in [2.24, 2.45) is 0 Å². The molecule has 136 valence electrons. The van der Waals surface area contributed by atoms with Crippen molar-refractivity contribution >= 4 is 0 Å². The zero-order valence-corrected chi connectivity index (χ0v) is 13.8. The Balaban J connectivity index is 2.24. The maximum Gasteiger partial charge on any atom is 0.573 e. The second-order valence-electron chi connectivity index (χ2n) is 6.03. The van der Waals surface area contributed by atoms with Crippen LogP contribution >= 0.6 is 0 Å². The van der Waals surface area contributed by atoms with Gasteiger partial charge in [-0.1, -0.05) is 26.2 Å². The second-order valence-corrected chi connectivity index (χ2v) is 6.03. The molecular weight excluding hydrogens is 324 g/mol. The highest BCUT2D eigenvalue weighted by molar-refractivity contribution is 5.32. The van der Waals surface area contributed by atoms with Gasteiger partial charge in [-0.3, -0.25) is 4.90 Å². The Bertz CT molecular complexity index is 516. The predicted octanol–water partition coefficient (Wildman–Crippen LogP) is 4.25. The fraction of sp³-hybridized carbons (Fsp3) is 0.647. The first-order valence-corrected chi connectivity index (χ1v) is 8.40. The van der Waals surface area contributed by atoms with Gasteiger partial charge >= 0.3 is 6.36 Å². The fourth-order valence-electron chi connectivity index (χ4n) is 3.09. The van der Waals surface area contributed by atoms with Gasteiger partial charge in [-0.2, -0.15) is 0 Å². The molecule has 1 aliphatic rings. The SMILES string of the molecule is CCCCC[C@@H](c1cc(OC(F)(F)F)ccc1F)N1CCNCC1. The monoisotopic (exact) mass is 348 g/mol.